The van der Waals surface area contributed by atoms with Gasteiger partial charge in [-0.3, -0.25) is 4.68 Å². The molecule has 0 amide bonds. The fraction of sp³-hybridized carbons (Fsp3) is 0.212. The van der Waals surface area contributed by atoms with Crippen LogP contribution in [0.2, 0.25) is 0 Å². The van der Waals surface area contributed by atoms with Gasteiger partial charge in [0.2, 0.25) is 0 Å². The van der Waals surface area contributed by atoms with E-state index in [1.165, 1.54) is 16.7 Å². The Morgan fingerprint density at radius 1 is 0.811 bits per heavy atom. The number of rotatable bonds is 4. The van der Waals surface area contributed by atoms with Gasteiger partial charge in [0.15, 0.2) is 0 Å². The molecular weight excluding hydrogens is 631 g/mol. The Kier molecular flexibility index (Phi) is 9.74. The molecule has 1 radical (unpaired) electrons. The minimum Gasteiger partial charge on any atom is -0.305 e. The van der Waals surface area contributed by atoms with Gasteiger partial charge in [-0.2, -0.15) is 29.4 Å². The van der Waals surface area contributed by atoms with E-state index in [2.05, 4.69) is 93.2 Å². The maximum Gasteiger partial charge on any atom is 0.0571 e. The number of para-hydroxylation sites is 1. The molecule has 4 heteroatoms. The van der Waals surface area contributed by atoms with Gasteiger partial charge < -0.3 is 4.98 Å². The minimum absolute atomic E-state index is 0. The second-order valence-corrected chi connectivity index (χ2v) is 10.2. The Balaban J connectivity index is 0.000000201. The number of aromatic nitrogens is 3. The van der Waals surface area contributed by atoms with Gasteiger partial charge in [0, 0.05) is 38.1 Å². The summed E-state index contributed by atoms with van der Waals surface area (Å²) in [5.41, 5.74) is 8.12. The van der Waals surface area contributed by atoms with Gasteiger partial charge in [-0.05, 0) is 39.9 Å². The van der Waals surface area contributed by atoms with Crippen LogP contribution in [0.1, 0.15) is 51.7 Å². The number of hydrogen-bond donors (Lipinski definition) is 0. The van der Waals surface area contributed by atoms with Gasteiger partial charge in [0.05, 0.1) is 6.20 Å². The molecule has 0 unspecified atom stereocenters. The third-order valence-electron chi connectivity index (χ3n) is 6.02. The topological polar surface area (TPSA) is 30.7 Å². The van der Waals surface area contributed by atoms with E-state index in [9.17, 15) is 0 Å². The summed E-state index contributed by atoms with van der Waals surface area (Å²) in [6, 6.07) is 35.1. The van der Waals surface area contributed by atoms with E-state index in [0.29, 0.717) is 5.92 Å². The fourth-order valence-corrected chi connectivity index (χ4v) is 3.80. The second kappa shape index (κ2) is 12.8. The molecule has 3 nitrogen and oxygen atoms in total. The predicted molar refractivity (Wildman–Crippen MR) is 149 cm³/mol. The van der Waals surface area contributed by atoms with E-state index >= 15 is 0 Å². The van der Waals surface area contributed by atoms with Crippen molar-refractivity contribution in [2.75, 3.05) is 0 Å². The van der Waals surface area contributed by atoms with Gasteiger partial charge in [0.1, 0.15) is 0 Å². The average Bonchev–Trinajstić information content (AvgIpc) is 3.40. The van der Waals surface area contributed by atoms with Crippen LogP contribution in [-0.2, 0) is 25.5 Å². The van der Waals surface area contributed by atoms with Crippen molar-refractivity contribution in [2.45, 2.75) is 46.0 Å². The number of benzene rings is 3. The van der Waals surface area contributed by atoms with Crippen LogP contribution in [0.25, 0.3) is 28.1 Å². The van der Waals surface area contributed by atoms with Crippen LogP contribution in [0.15, 0.2) is 104 Å². The Morgan fingerprint density at radius 3 is 2.24 bits per heavy atom. The Hall–Kier alpha value is -3.33. The molecule has 0 bridgehead atoms. The molecular formula is C33H33IrN3-2. The number of hydrogen-bond acceptors (Lipinski definition) is 2. The molecule has 0 atom stereocenters. The molecule has 0 aliphatic rings. The van der Waals surface area contributed by atoms with Crippen molar-refractivity contribution >= 4 is 0 Å². The summed E-state index contributed by atoms with van der Waals surface area (Å²) in [7, 11) is 0. The van der Waals surface area contributed by atoms with E-state index in [4.69, 9.17) is 0 Å². The zero-order valence-corrected chi connectivity index (χ0v) is 24.5. The molecule has 0 aliphatic carbocycles. The van der Waals surface area contributed by atoms with E-state index in [1.807, 2.05) is 71.8 Å². The van der Waals surface area contributed by atoms with Crippen molar-refractivity contribution in [3.05, 3.63) is 127 Å². The maximum atomic E-state index is 4.49. The third-order valence-corrected chi connectivity index (χ3v) is 6.02. The van der Waals surface area contributed by atoms with Crippen molar-refractivity contribution in [1.29, 1.82) is 0 Å². The van der Waals surface area contributed by atoms with Crippen LogP contribution >= 0.6 is 0 Å². The molecule has 0 N–H and O–H groups in total. The first-order valence-corrected chi connectivity index (χ1v) is 12.4. The Labute approximate surface area is 235 Å². The smallest absolute Gasteiger partial charge is 0.0571 e. The van der Waals surface area contributed by atoms with E-state index in [-0.39, 0.29) is 25.5 Å². The Bertz CT molecular complexity index is 1330. The quantitative estimate of drug-likeness (QED) is 0.181. The molecule has 0 fully saturated rings. The molecule has 0 saturated carbocycles. The van der Waals surface area contributed by atoms with E-state index in [1.54, 1.807) is 0 Å². The van der Waals surface area contributed by atoms with Crippen LogP contribution < -0.4 is 0 Å². The molecule has 2 aromatic heterocycles. The second-order valence-electron chi connectivity index (χ2n) is 10.2. The first kappa shape index (κ1) is 28.2. The SMILES string of the molecule is CC(C)c1cc[c-]c(-c2cc(C(C)(C)C)ccn2)c1.[Ir].[c-]1ccccc1-n1cc(-c2ccccc2)cn1. The Morgan fingerprint density at radius 2 is 1.57 bits per heavy atom. The predicted octanol–water partition coefficient (Wildman–Crippen LogP) is 8.31. The van der Waals surface area contributed by atoms with Gasteiger partial charge in [-0.1, -0.05) is 71.0 Å². The third kappa shape index (κ3) is 7.58. The summed E-state index contributed by atoms with van der Waals surface area (Å²) in [4.78, 5) is 4.49. The van der Waals surface area contributed by atoms with Gasteiger partial charge in [-0.15, -0.1) is 41.5 Å². The summed E-state index contributed by atoms with van der Waals surface area (Å²) in [6.45, 7) is 11.1. The van der Waals surface area contributed by atoms with Crippen LogP contribution in [-0.4, -0.2) is 14.8 Å². The zero-order chi connectivity index (χ0) is 25.5. The van der Waals surface area contributed by atoms with Crippen LogP contribution in [0, 0.1) is 12.1 Å². The van der Waals surface area contributed by atoms with Crippen molar-refractivity contribution < 1.29 is 20.1 Å². The van der Waals surface area contributed by atoms with Crippen molar-refractivity contribution in [3.8, 4) is 28.1 Å². The average molecular weight is 664 g/mol. The molecule has 37 heavy (non-hydrogen) atoms. The summed E-state index contributed by atoms with van der Waals surface area (Å²) in [6.07, 6.45) is 5.78. The molecule has 5 rings (SSSR count). The molecule has 0 spiro atoms. The zero-order valence-electron chi connectivity index (χ0n) is 22.1. The first-order chi connectivity index (χ1) is 17.3. The number of nitrogens with zero attached hydrogens (tertiary/aromatic N) is 3. The van der Waals surface area contributed by atoms with Crippen LogP contribution in [0.5, 0.6) is 0 Å². The largest absolute Gasteiger partial charge is 0.305 e. The fourth-order valence-electron chi connectivity index (χ4n) is 3.80. The molecule has 3 aromatic carbocycles. The van der Waals surface area contributed by atoms with Crippen LogP contribution in [0.4, 0.5) is 0 Å². The summed E-state index contributed by atoms with van der Waals surface area (Å²) < 4.78 is 1.84. The monoisotopic (exact) mass is 664 g/mol. The molecule has 0 saturated heterocycles. The molecule has 191 valence electrons. The van der Waals surface area contributed by atoms with Crippen molar-refractivity contribution in [1.82, 2.24) is 14.8 Å². The first-order valence-electron chi connectivity index (χ1n) is 12.4. The minimum atomic E-state index is 0. The van der Waals surface area contributed by atoms with Crippen molar-refractivity contribution in [2.24, 2.45) is 0 Å². The summed E-state index contributed by atoms with van der Waals surface area (Å²) in [5, 5.41) is 4.35. The summed E-state index contributed by atoms with van der Waals surface area (Å²) in [5.74, 6) is 0.527. The van der Waals surface area contributed by atoms with Gasteiger partial charge >= 0.3 is 0 Å². The maximum absolute atomic E-state index is 4.49. The summed E-state index contributed by atoms with van der Waals surface area (Å²) >= 11 is 0. The van der Waals surface area contributed by atoms with Gasteiger partial charge in [0.25, 0.3) is 0 Å². The molecule has 5 aromatic rings. The molecule has 2 heterocycles. The van der Waals surface area contributed by atoms with E-state index < -0.39 is 0 Å². The van der Waals surface area contributed by atoms with Crippen LogP contribution in [0.3, 0.4) is 0 Å². The normalized spacial score (nSPS) is 10.9. The molecule has 0 aliphatic heterocycles. The van der Waals surface area contributed by atoms with Crippen molar-refractivity contribution in [3.63, 3.8) is 0 Å². The van der Waals surface area contributed by atoms with E-state index in [0.717, 1.165) is 22.5 Å². The number of pyridine rings is 1. The van der Waals surface area contributed by atoms with Gasteiger partial charge in [-0.25, -0.2) is 0 Å². The standard InChI is InChI=1S/C18H22N.C15H11N2.Ir/c1-13(2)14-7-6-8-15(11-14)17-12-16(9-10-19-17)18(3,4)5;1-3-7-13(8-4-1)14-11-16-17(12-14)15-9-5-2-6-10-15;/h6-7,9-13H,1-5H3;1-9,11-12H;/q2*-1;.